The van der Waals surface area contributed by atoms with Gasteiger partial charge in [0.1, 0.15) is 0 Å². The fraction of sp³-hybridized carbons (Fsp3) is 1.00. The summed E-state index contributed by atoms with van der Waals surface area (Å²) in [4.78, 5) is 0. The Hall–Kier alpha value is 0.350. The summed E-state index contributed by atoms with van der Waals surface area (Å²) in [5, 5.41) is 11.2. The number of hydroxylamine groups is 2. The van der Waals surface area contributed by atoms with Gasteiger partial charge in [-0.1, -0.05) is 13.8 Å². The molecule has 56 valence electrons. The van der Waals surface area contributed by atoms with Gasteiger partial charge in [0.25, 0.3) is 0 Å². The van der Waals surface area contributed by atoms with Gasteiger partial charge in [0, 0.05) is 0 Å². The Balaban J connectivity index is 3.79. The molecule has 0 radical (unpaired) electrons. The zero-order valence-electron chi connectivity index (χ0n) is 6.42. The van der Waals surface area contributed by atoms with Gasteiger partial charge in [-0.3, -0.25) is 0 Å². The van der Waals surface area contributed by atoms with Crippen LogP contribution in [0.25, 0.3) is 0 Å². The summed E-state index contributed by atoms with van der Waals surface area (Å²) in [5.41, 5.74) is 0. The van der Waals surface area contributed by atoms with Crippen LogP contribution in [-0.4, -0.2) is 17.5 Å². The Morgan fingerprint density at radius 3 is 1.78 bits per heavy atom. The summed E-state index contributed by atoms with van der Waals surface area (Å²) in [7, 11) is 3.97. The molecular formula is C6H16NOP. The van der Waals surface area contributed by atoms with Gasteiger partial charge in [0.2, 0.25) is 0 Å². The molecule has 0 saturated carbocycles. The summed E-state index contributed by atoms with van der Waals surface area (Å²) >= 11 is 0. The van der Waals surface area contributed by atoms with E-state index in [2.05, 4.69) is 9.39 Å². The molecule has 0 aliphatic heterocycles. The maximum Gasteiger partial charge on any atom is 0.0886 e. The molecule has 0 rings (SSSR count). The molecule has 3 heteroatoms. The topological polar surface area (TPSA) is 23.1 Å². The SMILES string of the molecule is CCC(CC)[N+](C)([O-])P. The predicted molar refractivity (Wildman–Crippen MR) is 43.6 cm³/mol. The third-order valence-electron chi connectivity index (χ3n) is 1.67. The van der Waals surface area contributed by atoms with Crippen molar-refractivity contribution in [3.63, 3.8) is 0 Å². The molecule has 0 aromatic carbocycles. The van der Waals surface area contributed by atoms with E-state index in [9.17, 15) is 5.21 Å². The normalized spacial score (nSPS) is 18.0. The number of nitrogens with zero attached hydrogens (tertiary/aromatic N) is 1. The Morgan fingerprint density at radius 1 is 1.44 bits per heavy atom. The molecular weight excluding hydrogens is 133 g/mol. The third kappa shape index (κ3) is 3.14. The number of rotatable bonds is 3. The van der Waals surface area contributed by atoms with Crippen LogP contribution in [0.15, 0.2) is 0 Å². The van der Waals surface area contributed by atoms with Crippen molar-refractivity contribution in [1.29, 1.82) is 0 Å². The van der Waals surface area contributed by atoms with Gasteiger partial charge in [-0.15, -0.1) is 0 Å². The molecule has 0 aromatic rings. The zero-order chi connectivity index (χ0) is 7.49. The van der Waals surface area contributed by atoms with Crippen LogP contribution < -0.4 is 0 Å². The van der Waals surface area contributed by atoms with E-state index < -0.39 is 0 Å². The standard InChI is InChI=1S/C6H16NOP/c1-4-6(5-2)7(3,8)9/h6H,4-5,9H2,1-3H3. The van der Waals surface area contributed by atoms with E-state index in [4.69, 9.17) is 0 Å². The van der Waals surface area contributed by atoms with Crippen LogP contribution in [0, 0.1) is 5.21 Å². The first-order valence-corrected chi connectivity index (χ1v) is 3.89. The Kier molecular flexibility index (Phi) is 3.64. The first-order valence-electron chi connectivity index (χ1n) is 3.38. The lowest BCUT2D eigenvalue weighted by molar-refractivity contribution is -0.753. The minimum atomic E-state index is -0.229. The minimum Gasteiger partial charge on any atom is -0.632 e. The molecule has 9 heavy (non-hydrogen) atoms. The molecule has 0 aromatic heterocycles. The summed E-state index contributed by atoms with van der Waals surface area (Å²) < 4.78 is -0.229. The summed E-state index contributed by atoms with van der Waals surface area (Å²) in [6.45, 7) is 4.10. The predicted octanol–water partition coefficient (Wildman–Crippen LogP) is 1.91. The maximum absolute atomic E-state index is 11.2. The fourth-order valence-corrected chi connectivity index (χ4v) is 1.44. The molecule has 0 heterocycles. The van der Waals surface area contributed by atoms with E-state index in [1.165, 1.54) is 0 Å². The van der Waals surface area contributed by atoms with Crippen LogP contribution in [0.5, 0.6) is 0 Å². The first-order chi connectivity index (χ1) is 4.02. The van der Waals surface area contributed by atoms with E-state index in [0.29, 0.717) is 0 Å². The minimum absolute atomic E-state index is 0.229. The maximum atomic E-state index is 11.2. The highest BCUT2D eigenvalue weighted by Crippen LogP contribution is 2.20. The lowest BCUT2D eigenvalue weighted by Gasteiger charge is -2.40. The lowest BCUT2D eigenvalue weighted by atomic mass is 10.2. The van der Waals surface area contributed by atoms with Crippen molar-refractivity contribution < 1.29 is 4.42 Å². The van der Waals surface area contributed by atoms with E-state index in [1.54, 1.807) is 7.05 Å². The fourth-order valence-electron chi connectivity index (χ4n) is 1.01. The summed E-state index contributed by atoms with van der Waals surface area (Å²) in [5.74, 6) is 0. The van der Waals surface area contributed by atoms with Crippen molar-refractivity contribution in [3.8, 4) is 0 Å². The second kappa shape index (κ2) is 3.50. The van der Waals surface area contributed by atoms with Gasteiger partial charge in [0.05, 0.1) is 22.5 Å². The van der Waals surface area contributed by atoms with Crippen molar-refractivity contribution in [2.45, 2.75) is 32.7 Å². The largest absolute Gasteiger partial charge is 0.632 e. The van der Waals surface area contributed by atoms with Crippen LogP contribution >= 0.6 is 9.39 Å². The third-order valence-corrected chi connectivity index (χ3v) is 2.09. The van der Waals surface area contributed by atoms with Crippen LogP contribution in [0.3, 0.4) is 0 Å². The van der Waals surface area contributed by atoms with Gasteiger partial charge in [-0.2, -0.15) is 0 Å². The summed E-state index contributed by atoms with van der Waals surface area (Å²) in [6.07, 6.45) is 1.92. The molecule has 2 nitrogen and oxygen atoms in total. The molecule has 0 fully saturated rings. The molecule has 0 bridgehead atoms. The van der Waals surface area contributed by atoms with Gasteiger partial charge in [0.15, 0.2) is 0 Å². The Morgan fingerprint density at radius 2 is 1.78 bits per heavy atom. The monoisotopic (exact) mass is 149 g/mol. The molecule has 0 saturated heterocycles. The number of quaternary nitrogens is 1. The van der Waals surface area contributed by atoms with Crippen LogP contribution in [0.1, 0.15) is 26.7 Å². The smallest absolute Gasteiger partial charge is 0.0886 e. The highest BCUT2D eigenvalue weighted by Gasteiger charge is 2.14. The molecule has 2 unspecified atom stereocenters. The van der Waals surface area contributed by atoms with Gasteiger partial charge in [-0.25, -0.2) is 0 Å². The van der Waals surface area contributed by atoms with E-state index in [-0.39, 0.29) is 10.5 Å². The van der Waals surface area contributed by atoms with Gasteiger partial charge < -0.3 is 9.62 Å². The molecule has 0 amide bonds. The second-order valence-electron chi connectivity index (χ2n) is 2.53. The van der Waals surface area contributed by atoms with Crippen molar-refractivity contribution >= 4 is 9.39 Å². The molecule has 0 aliphatic carbocycles. The Bertz CT molecular complexity index is 75.6. The van der Waals surface area contributed by atoms with Crippen molar-refractivity contribution in [1.82, 2.24) is 0 Å². The van der Waals surface area contributed by atoms with E-state index in [1.807, 2.05) is 13.8 Å². The van der Waals surface area contributed by atoms with Crippen molar-refractivity contribution in [2.24, 2.45) is 0 Å². The zero-order valence-corrected chi connectivity index (χ0v) is 7.58. The van der Waals surface area contributed by atoms with Gasteiger partial charge >= 0.3 is 0 Å². The Labute approximate surface area is 59.7 Å². The van der Waals surface area contributed by atoms with Crippen molar-refractivity contribution in [3.05, 3.63) is 5.21 Å². The quantitative estimate of drug-likeness (QED) is 0.444. The summed E-state index contributed by atoms with van der Waals surface area (Å²) in [6, 6.07) is 0.245. The average Bonchev–Trinajstić information content (AvgIpc) is 1.65. The van der Waals surface area contributed by atoms with Crippen molar-refractivity contribution in [2.75, 3.05) is 7.05 Å². The lowest BCUT2D eigenvalue weighted by Crippen LogP contribution is -2.36. The molecule has 2 atom stereocenters. The molecule has 0 aliphatic rings. The highest BCUT2D eigenvalue weighted by molar-refractivity contribution is 7.09. The number of hydrogen-bond acceptors (Lipinski definition) is 1. The second-order valence-corrected chi connectivity index (χ2v) is 3.55. The van der Waals surface area contributed by atoms with Crippen LogP contribution in [0.4, 0.5) is 0 Å². The van der Waals surface area contributed by atoms with Crippen LogP contribution in [0.2, 0.25) is 0 Å². The highest BCUT2D eigenvalue weighted by atomic mass is 31.0. The van der Waals surface area contributed by atoms with E-state index in [0.717, 1.165) is 12.8 Å². The average molecular weight is 149 g/mol. The van der Waals surface area contributed by atoms with Crippen LogP contribution in [-0.2, 0) is 0 Å². The van der Waals surface area contributed by atoms with E-state index >= 15 is 0 Å². The van der Waals surface area contributed by atoms with Gasteiger partial charge in [-0.05, 0) is 12.8 Å². The first kappa shape index (κ1) is 9.35. The molecule has 0 spiro atoms. The molecule has 0 N–H and O–H groups in total. The number of hydrogen-bond donors (Lipinski definition) is 0.